The van der Waals surface area contributed by atoms with E-state index in [1.165, 1.54) is 0 Å². The summed E-state index contributed by atoms with van der Waals surface area (Å²) in [6.07, 6.45) is 1.92. The molecule has 4 rings (SSSR count). The molecular formula is C21H24N4O2. The van der Waals surface area contributed by atoms with Crippen molar-refractivity contribution >= 4 is 16.8 Å². The van der Waals surface area contributed by atoms with Crippen LogP contribution in [0, 0.1) is 5.92 Å². The molecule has 1 N–H and O–H groups in total. The van der Waals surface area contributed by atoms with Crippen LogP contribution in [0.5, 0.6) is 0 Å². The van der Waals surface area contributed by atoms with Crippen molar-refractivity contribution in [3.8, 4) is 0 Å². The molecule has 3 aromatic rings. The number of carbonyl (C=O) groups is 1. The van der Waals surface area contributed by atoms with Crippen molar-refractivity contribution in [1.29, 1.82) is 0 Å². The summed E-state index contributed by atoms with van der Waals surface area (Å²) in [6.45, 7) is 4.90. The number of pyridine rings is 1. The molecule has 1 aliphatic rings. The summed E-state index contributed by atoms with van der Waals surface area (Å²) in [5, 5.41) is 15.9. The van der Waals surface area contributed by atoms with Crippen molar-refractivity contribution in [2.24, 2.45) is 5.92 Å². The number of hydrogen-bond acceptors (Lipinski definition) is 4. The van der Waals surface area contributed by atoms with Crippen LogP contribution in [-0.4, -0.2) is 49.9 Å². The molecule has 1 saturated heterocycles. The van der Waals surface area contributed by atoms with Crippen molar-refractivity contribution in [2.75, 3.05) is 13.1 Å². The van der Waals surface area contributed by atoms with Gasteiger partial charge >= 0.3 is 0 Å². The van der Waals surface area contributed by atoms with Crippen molar-refractivity contribution in [1.82, 2.24) is 19.7 Å². The molecule has 1 aromatic carbocycles. The van der Waals surface area contributed by atoms with Gasteiger partial charge in [-0.05, 0) is 38.5 Å². The quantitative estimate of drug-likeness (QED) is 0.773. The van der Waals surface area contributed by atoms with E-state index in [9.17, 15) is 9.90 Å². The second-order valence-electron chi connectivity index (χ2n) is 7.51. The second-order valence-corrected chi connectivity index (χ2v) is 7.51. The van der Waals surface area contributed by atoms with E-state index in [-0.39, 0.29) is 17.9 Å². The Morgan fingerprint density at radius 2 is 2.00 bits per heavy atom. The number of rotatable bonds is 4. The number of fused-ring (bicyclic) bond motifs is 1. The van der Waals surface area contributed by atoms with Gasteiger partial charge < -0.3 is 10.0 Å². The number of carbonyl (C=O) groups excluding carboxylic acids is 1. The topological polar surface area (TPSA) is 71.2 Å². The fourth-order valence-corrected chi connectivity index (χ4v) is 3.61. The number of nitrogens with zero attached hydrogens (tertiary/aromatic N) is 4. The van der Waals surface area contributed by atoms with Crippen LogP contribution < -0.4 is 0 Å². The average molecular weight is 364 g/mol. The van der Waals surface area contributed by atoms with Crippen molar-refractivity contribution in [2.45, 2.75) is 32.4 Å². The summed E-state index contributed by atoms with van der Waals surface area (Å²) in [6, 6.07) is 14.0. The van der Waals surface area contributed by atoms with E-state index < -0.39 is 6.10 Å². The first-order valence-corrected chi connectivity index (χ1v) is 9.38. The minimum atomic E-state index is -0.547. The molecule has 0 bridgehead atoms. The summed E-state index contributed by atoms with van der Waals surface area (Å²) < 4.78 is 1.77. The Balaban J connectivity index is 1.46. The van der Waals surface area contributed by atoms with Crippen molar-refractivity contribution in [3.63, 3.8) is 0 Å². The van der Waals surface area contributed by atoms with Gasteiger partial charge in [-0.15, -0.1) is 0 Å². The minimum Gasteiger partial charge on any atom is -0.391 e. The number of β-amino-alcohol motifs (C(OH)–C–C–N with tert-alkyl or cyclic N) is 1. The van der Waals surface area contributed by atoms with Crippen LogP contribution in [0.3, 0.4) is 0 Å². The van der Waals surface area contributed by atoms with Crippen LogP contribution >= 0.6 is 0 Å². The molecule has 1 aliphatic heterocycles. The highest BCUT2D eigenvalue weighted by Crippen LogP contribution is 2.23. The molecule has 1 fully saturated rings. The lowest BCUT2D eigenvalue weighted by atomic mass is 9.99. The second kappa shape index (κ2) is 7.12. The largest absolute Gasteiger partial charge is 0.391 e. The van der Waals surface area contributed by atoms with Gasteiger partial charge in [0.1, 0.15) is 5.69 Å². The zero-order chi connectivity index (χ0) is 19.0. The summed E-state index contributed by atoms with van der Waals surface area (Å²) in [4.78, 5) is 19.1. The monoisotopic (exact) mass is 364 g/mol. The molecule has 1 amide bonds. The number of likely N-dealkylation sites (tertiary alicyclic amines) is 1. The summed E-state index contributed by atoms with van der Waals surface area (Å²) in [7, 11) is 0. The van der Waals surface area contributed by atoms with Crippen LogP contribution in [0.15, 0.2) is 48.7 Å². The van der Waals surface area contributed by atoms with E-state index in [0.29, 0.717) is 25.2 Å². The van der Waals surface area contributed by atoms with E-state index in [4.69, 9.17) is 4.98 Å². The lowest BCUT2D eigenvalue weighted by Gasteiger charge is -2.15. The summed E-state index contributed by atoms with van der Waals surface area (Å²) in [5.41, 5.74) is 2.33. The molecule has 6 nitrogen and oxygen atoms in total. The van der Waals surface area contributed by atoms with Crippen LogP contribution in [-0.2, 0) is 6.42 Å². The maximum Gasteiger partial charge on any atom is 0.274 e. The first kappa shape index (κ1) is 17.7. The Labute approximate surface area is 158 Å². The maximum absolute atomic E-state index is 12.7. The van der Waals surface area contributed by atoms with Crippen molar-refractivity contribution < 1.29 is 9.90 Å². The van der Waals surface area contributed by atoms with E-state index >= 15 is 0 Å². The lowest BCUT2D eigenvalue weighted by Crippen LogP contribution is -2.30. The highest BCUT2D eigenvalue weighted by Gasteiger charge is 2.35. The first-order valence-electron chi connectivity index (χ1n) is 9.38. The zero-order valence-corrected chi connectivity index (χ0v) is 15.6. The molecule has 6 heteroatoms. The molecule has 0 radical (unpaired) electrons. The van der Waals surface area contributed by atoms with E-state index in [1.54, 1.807) is 15.6 Å². The molecule has 2 atom stereocenters. The molecule has 0 unspecified atom stereocenters. The lowest BCUT2D eigenvalue weighted by molar-refractivity contribution is 0.0758. The third-order valence-electron chi connectivity index (χ3n) is 5.18. The highest BCUT2D eigenvalue weighted by molar-refractivity contribution is 5.92. The van der Waals surface area contributed by atoms with Crippen LogP contribution in [0.1, 0.15) is 36.1 Å². The van der Waals surface area contributed by atoms with Crippen molar-refractivity contribution in [3.05, 3.63) is 60.0 Å². The normalized spacial score (nSPS) is 19.9. The number of aliphatic hydroxyl groups excluding tert-OH is 1. The van der Waals surface area contributed by atoms with Gasteiger partial charge in [0.15, 0.2) is 0 Å². The fraction of sp³-hybridized carbons (Fsp3) is 0.381. The van der Waals surface area contributed by atoms with Gasteiger partial charge in [0.25, 0.3) is 5.91 Å². The predicted molar refractivity (Wildman–Crippen MR) is 103 cm³/mol. The Hall–Kier alpha value is -2.73. The van der Waals surface area contributed by atoms with Gasteiger partial charge in [-0.3, -0.25) is 14.5 Å². The predicted octanol–water partition coefficient (Wildman–Crippen LogP) is 2.69. The first-order chi connectivity index (χ1) is 13.0. The van der Waals surface area contributed by atoms with Crippen LogP contribution in [0.4, 0.5) is 0 Å². The number of para-hydroxylation sites is 1. The number of aliphatic hydroxyl groups is 1. The molecule has 27 heavy (non-hydrogen) atoms. The standard InChI is InChI=1S/C21H24N4O2/c1-14(2)25-10-9-19(23-25)21(27)24-12-16(20(26)13-24)11-17-8-7-15-5-3-4-6-18(15)22-17/h3-10,14,16,20,26H,11-13H2,1-2H3/t16-,20-/m1/s1. The summed E-state index contributed by atoms with van der Waals surface area (Å²) in [5.74, 6) is -0.141. The Kier molecular flexibility index (Phi) is 4.66. The van der Waals surface area contributed by atoms with Gasteiger partial charge in [0, 0.05) is 42.3 Å². The molecule has 0 saturated carbocycles. The molecule has 3 heterocycles. The van der Waals surface area contributed by atoms with Crippen LogP contribution in [0.25, 0.3) is 10.9 Å². The SMILES string of the molecule is CC(C)n1ccc(C(=O)N2C[C@@H](Cc3ccc4ccccc4n3)[C@H](O)C2)n1. The van der Waals surface area contributed by atoms with Gasteiger partial charge in [0.05, 0.1) is 11.6 Å². The molecule has 0 aliphatic carbocycles. The number of hydrogen-bond donors (Lipinski definition) is 1. The number of benzene rings is 1. The highest BCUT2D eigenvalue weighted by atomic mass is 16.3. The maximum atomic E-state index is 12.7. The summed E-state index contributed by atoms with van der Waals surface area (Å²) >= 11 is 0. The van der Waals surface area contributed by atoms with Crippen LogP contribution in [0.2, 0.25) is 0 Å². The zero-order valence-electron chi connectivity index (χ0n) is 15.6. The Morgan fingerprint density at radius 3 is 2.78 bits per heavy atom. The number of aromatic nitrogens is 3. The van der Waals surface area contributed by atoms with Gasteiger partial charge in [-0.25, -0.2) is 0 Å². The molecule has 140 valence electrons. The van der Waals surface area contributed by atoms with E-state index in [0.717, 1.165) is 16.6 Å². The fourth-order valence-electron chi connectivity index (χ4n) is 3.61. The molecule has 0 spiro atoms. The molecule has 2 aromatic heterocycles. The molecular weight excluding hydrogens is 340 g/mol. The van der Waals surface area contributed by atoms with E-state index in [1.807, 2.05) is 50.4 Å². The van der Waals surface area contributed by atoms with Gasteiger partial charge in [-0.2, -0.15) is 5.10 Å². The van der Waals surface area contributed by atoms with Gasteiger partial charge in [-0.1, -0.05) is 24.3 Å². The Morgan fingerprint density at radius 1 is 1.19 bits per heavy atom. The minimum absolute atomic E-state index is 0.0187. The third-order valence-corrected chi connectivity index (χ3v) is 5.18. The Bertz CT molecular complexity index is 965. The third kappa shape index (κ3) is 3.57. The number of amides is 1. The van der Waals surface area contributed by atoms with E-state index in [2.05, 4.69) is 11.2 Å². The average Bonchev–Trinajstić information content (AvgIpc) is 3.29. The van der Waals surface area contributed by atoms with Gasteiger partial charge in [0.2, 0.25) is 0 Å². The smallest absolute Gasteiger partial charge is 0.274 e.